The Kier molecular flexibility index (Phi) is 5.73. The minimum Gasteiger partial charge on any atom is -0.393 e. The summed E-state index contributed by atoms with van der Waals surface area (Å²) in [5, 5.41) is 13.0. The van der Waals surface area contributed by atoms with Crippen LogP contribution in [0.25, 0.3) is 0 Å². The van der Waals surface area contributed by atoms with Gasteiger partial charge in [0.1, 0.15) is 0 Å². The van der Waals surface area contributed by atoms with Gasteiger partial charge < -0.3 is 15.3 Å². The molecule has 1 rings (SSSR count). The summed E-state index contributed by atoms with van der Waals surface area (Å²) in [7, 11) is 2.20. The first kappa shape index (κ1) is 13.9. The van der Waals surface area contributed by atoms with Crippen LogP contribution in [0, 0.1) is 5.92 Å². The van der Waals surface area contributed by atoms with Gasteiger partial charge in [0.15, 0.2) is 0 Å². The lowest BCUT2D eigenvalue weighted by Gasteiger charge is -2.34. The number of piperidine rings is 1. The quantitative estimate of drug-likeness (QED) is 0.748. The molecule has 16 heavy (non-hydrogen) atoms. The standard InChI is InChI=1S/C13H28N2O/c1-10(9-11(2)16)14-12(3)13-5-7-15(4)8-6-13/h10-14,16H,5-9H2,1-4H3. The minimum absolute atomic E-state index is 0.202. The molecule has 96 valence electrons. The van der Waals surface area contributed by atoms with Gasteiger partial charge in [0, 0.05) is 12.1 Å². The highest BCUT2D eigenvalue weighted by Gasteiger charge is 2.23. The molecule has 1 fully saturated rings. The second-order valence-electron chi connectivity index (χ2n) is 5.58. The van der Waals surface area contributed by atoms with Crippen molar-refractivity contribution in [1.29, 1.82) is 0 Å². The number of aliphatic hydroxyl groups is 1. The predicted molar refractivity (Wildman–Crippen MR) is 68.6 cm³/mol. The minimum atomic E-state index is -0.202. The van der Waals surface area contributed by atoms with Crippen molar-refractivity contribution in [1.82, 2.24) is 10.2 Å². The number of nitrogens with one attached hydrogen (secondary N) is 1. The molecule has 3 heteroatoms. The van der Waals surface area contributed by atoms with Crippen LogP contribution >= 0.6 is 0 Å². The third kappa shape index (κ3) is 4.81. The zero-order valence-corrected chi connectivity index (χ0v) is 11.2. The van der Waals surface area contributed by atoms with Gasteiger partial charge in [-0.05, 0) is 66.1 Å². The zero-order valence-electron chi connectivity index (χ0n) is 11.2. The first-order chi connectivity index (χ1) is 7.49. The molecule has 0 aliphatic carbocycles. The lowest BCUT2D eigenvalue weighted by atomic mass is 9.90. The molecule has 0 bridgehead atoms. The van der Waals surface area contributed by atoms with Crippen molar-refractivity contribution in [3.8, 4) is 0 Å². The smallest absolute Gasteiger partial charge is 0.0526 e. The van der Waals surface area contributed by atoms with E-state index in [9.17, 15) is 5.11 Å². The van der Waals surface area contributed by atoms with Gasteiger partial charge in [0.05, 0.1) is 6.10 Å². The van der Waals surface area contributed by atoms with E-state index in [1.807, 2.05) is 6.92 Å². The van der Waals surface area contributed by atoms with Crippen LogP contribution in [-0.4, -0.2) is 48.3 Å². The van der Waals surface area contributed by atoms with Crippen LogP contribution in [0.5, 0.6) is 0 Å². The van der Waals surface area contributed by atoms with Crippen LogP contribution in [0.15, 0.2) is 0 Å². The lowest BCUT2D eigenvalue weighted by molar-refractivity contribution is 0.153. The van der Waals surface area contributed by atoms with Crippen LogP contribution in [0.4, 0.5) is 0 Å². The fourth-order valence-electron chi connectivity index (χ4n) is 2.69. The van der Waals surface area contributed by atoms with Crippen molar-refractivity contribution >= 4 is 0 Å². The summed E-state index contributed by atoms with van der Waals surface area (Å²) in [4.78, 5) is 2.41. The Morgan fingerprint density at radius 1 is 1.25 bits per heavy atom. The molecule has 1 aliphatic rings. The number of hydrogen-bond acceptors (Lipinski definition) is 3. The predicted octanol–water partition coefficient (Wildman–Crippen LogP) is 1.47. The van der Waals surface area contributed by atoms with Crippen molar-refractivity contribution < 1.29 is 5.11 Å². The molecule has 3 unspecified atom stereocenters. The van der Waals surface area contributed by atoms with Crippen molar-refractivity contribution in [2.75, 3.05) is 20.1 Å². The molecule has 1 saturated heterocycles. The van der Waals surface area contributed by atoms with Gasteiger partial charge in [-0.1, -0.05) is 0 Å². The maximum absolute atomic E-state index is 9.33. The van der Waals surface area contributed by atoms with E-state index in [1.54, 1.807) is 0 Å². The van der Waals surface area contributed by atoms with Crippen molar-refractivity contribution in [2.45, 2.75) is 58.2 Å². The molecule has 0 aromatic heterocycles. The Hall–Kier alpha value is -0.120. The summed E-state index contributed by atoms with van der Waals surface area (Å²) in [6, 6.07) is 0.983. The molecule has 3 atom stereocenters. The third-order valence-corrected chi connectivity index (χ3v) is 3.71. The second kappa shape index (κ2) is 6.58. The highest BCUT2D eigenvalue weighted by molar-refractivity contribution is 4.80. The molecule has 0 amide bonds. The fraction of sp³-hybridized carbons (Fsp3) is 1.00. The van der Waals surface area contributed by atoms with Gasteiger partial charge >= 0.3 is 0 Å². The Labute approximate surface area is 100 Å². The Balaban J connectivity index is 2.26. The zero-order chi connectivity index (χ0) is 12.1. The summed E-state index contributed by atoms with van der Waals surface area (Å²) in [5.74, 6) is 0.799. The molecule has 2 N–H and O–H groups in total. The van der Waals surface area contributed by atoms with E-state index in [2.05, 4.69) is 31.1 Å². The largest absolute Gasteiger partial charge is 0.393 e. The van der Waals surface area contributed by atoms with E-state index in [0.717, 1.165) is 12.3 Å². The summed E-state index contributed by atoms with van der Waals surface area (Å²) in [6.45, 7) is 8.76. The van der Waals surface area contributed by atoms with E-state index in [1.165, 1.54) is 25.9 Å². The maximum Gasteiger partial charge on any atom is 0.0526 e. The van der Waals surface area contributed by atoms with Gasteiger partial charge in [-0.2, -0.15) is 0 Å². The van der Waals surface area contributed by atoms with Gasteiger partial charge in [-0.3, -0.25) is 0 Å². The van der Waals surface area contributed by atoms with Crippen LogP contribution in [-0.2, 0) is 0 Å². The molecule has 1 heterocycles. The van der Waals surface area contributed by atoms with E-state index in [4.69, 9.17) is 0 Å². The molecular weight excluding hydrogens is 200 g/mol. The second-order valence-corrected chi connectivity index (χ2v) is 5.58. The molecule has 0 aromatic rings. The summed E-state index contributed by atoms with van der Waals surface area (Å²) in [5.41, 5.74) is 0. The summed E-state index contributed by atoms with van der Waals surface area (Å²) in [6.07, 6.45) is 3.24. The topological polar surface area (TPSA) is 35.5 Å². The third-order valence-electron chi connectivity index (χ3n) is 3.71. The number of hydrogen-bond donors (Lipinski definition) is 2. The molecule has 0 spiro atoms. The summed E-state index contributed by atoms with van der Waals surface area (Å²) < 4.78 is 0. The van der Waals surface area contributed by atoms with Crippen LogP contribution < -0.4 is 5.32 Å². The molecule has 0 radical (unpaired) electrons. The monoisotopic (exact) mass is 228 g/mol. The average Bonchev–Trinajstić information content (AvgIpc) is 2.16. The Bertz CT molecular complexity index is 188. The normalized spacial score (nSPS) is 25.3. The SMILES string of the molecule is CC(O)CC(C)NC(C)C1CCN(C)CC1. The highest BCUT2D eigenvalue weighted by atomic mass is 16.3. The van der Waals surface area contributed by atoms with Gasteiger partial charge in [-0.25, -0.2) is 0 Å². The van der Waals surface area contributed by atoms with E-state index in [-0.39, 0.29) is 6.10 Å². The number of rotatable bonds is 5. The van der Waals surface area contributed by atoms with Crippen LogP contribution in [0.3, 0.4) is 0 Å². The molecule has 0 saturated carbocycles. The molecular formula is C13H28N2O. The lowest BCUT2D eigenvalue weighted by Crippen LogP contribution is -2.44. The van der Waals surface area contributed by atoms with Gasteiger partial charge in [0.2, 0.25) is 0 Å². The summed E-state index contributed by atoms with van der Waals surface area (Å²) >= 11 is 0. The van der Waals surface area contributed by atoms with Crippen LogP contribution in [0.1, 0.15) is 40.0 Å². The average molecular weight is 228 g/mol. The Morgan fingerprint density at radius 3 is 2.31 bits per heavy atom. The number of aliphatic hydroxyl groups excluding tert-OH is 1. The van der Waals surface area contributed by atoms with Crippen molar-refractivity contribution in [3.05, 3.63) is 0 Å². The highest BCUT2D eigenvalue weighted by Crippen LogP contribution is 2.20. The van der Waals surface area contributed by atoms with E-state index in [0.29, 0.717) is 12.1 Å². The first-order valence-electron chi connectivity index (χ1n) is 6.61. The van der Waals surface area contributed by atoms with Gasteiger partial charge in [-0.15, -0.1) is 0 Å². The van der Waals surface area contributed by atoms with Crippen molar-refractivity contribution in [2.24, 2.45) is 5.92 Å². The van der Waals surface area contributed by atoms with E-state index < -0.39 is 0 Å². The first-order valence-corrected chi connectivity index (χ1v) is 6.61. The molecule has 0 aromatic carbocycles. The van der Waals surface area contributed by atoms with Crippen molar-refractivity contribution in [3.63, 3.8) is 0 Å². The molecule has 1 aliphatic heterocycles. The number of nitrogens with zero attached hydrogens (tertiary/aromatic N) is 1. The molecule has 3 nitrogen and oxygen atoms in total. The fourth-order valence-corrected chi connectivity index (χ4v) is 2.69. The number of likely N-dealkylation sites (tertiary alicyclic amines) is 1. The Morgan fingerprint density at radius 2 is 1.81 bits per heavy atom. The maximum atomic E-state index is 9.33. The van der Waals surface area contributed by atoms with Gasteiger partial charge in [0.25, 0.3) is 0 Å². The van der Waals surface area contributed by atoms with E-state index >= 15 is 0 Å². The van der Waals surface area contributed by atoms with Crippen LogP contribution in [0.2, 0.25) is 0 Å².